The number of halogens is 2. The SMILES string of the molecule is Fc1ccc(CNc2ccnc(Cl)c2)cc1-c1cccs1. The molecule has 0 unspecified atom stereocenters. The van der Waals surface area contributed by atoms with Crippen LogP contribution in [0.4, 0.5) is 10.1 Å². The first kappa shape index (κ1) is 14.0. The molecule has 2 aromatic heterocycles. The van der Waals surface area contributed by atoms with E-state index in [9.17, 15) is 4.39 Å². The summed E-state index contributed by atoms with van der Waals surface area (Å²) in [5, 5.41) is 5.64. The van der Waals surface area contributed by atoms with E-state index in [0.717, 1.165) is 16.1 Å². The normalized spacial score (nSPS) is 10.6. The van der Waals surface area contributed by atoms with Crippen LogP contribution in [0.3, 0.4) is 0 Å². The van der Waals surface area contributed by atoms with E-state index in [1.165, 1.54) is 17.4 Å². The number of thiophene rings is 1. The van der Waals surface area contributed by atoms with Gasteiger partial charge in [-0.3, -0.25) is 0 Å². The van der Waals surface area contributed by atoms with Gasteiger partial charge in [0.15, 0.2) is 0 Å². The van der Waals surface area contributed by atoms with Gasteiger partial charge in [-0.15, -0.1) is 11.3 Å². The Hall–Kier alpha value is -1.91. The molecule has 0 atom stereocenters. The topological polar surface area (TPSA) is 24.9 Å². The van der Waals surface area contributed by atoms with Gasteiger partial charge in [0.05, 0.1) is 0 Å². The second-order valence-corrected chi connectivity index (χ2v) is 5.85. The minimum absolute atomic E-state index is 0.201. The number of benzene rings is 1. The highest BCUT2D eigenvalue weighted by atomic mass is 35.5. The number of aromatic nitrogens is 1. The van der Waals surface area contributed by atoms with E-state index >= 15 is 0 Å². The number of pyridine rings is 1. The third-order valence-corrected chi connectivity index (χ3v) is 4.15. The molecular formula is C16H12ClFN2S. The molecule has 2 nitrogen and oxygen atoms in total. The van der Waals surface area contributed by atoms with Crippen molar-refractivity contribution in [1.82, 2.24) is 4.98 Å². The lowest BCUT2D eigenvalue weighted by molar-refractivity contribution is 0.631. The molecule has 0 amide bonds. The van der Waals surface area contributed by atoms with Crippen LogP contribution in [0.2, 0.25) is 5.15 Å². The molecule has 21 heavy (non-hydrogen) atoms. The summed E-state index contributed by atoms with van der Waals surface area (Å²) in [5.74, 6) is -0.201. The molecule has 3 rings (SSSR count). The number of nitrogens with one attached hydrogen (secondary N) is 1. The monoisotopic (exact) mass is 318 g/mol. The predicted octanol–water partition coefficient (Wildman–Crippen LogP) is 5.21. The van der Waals surface area contributed by atoms with Gasteiger partial charge < -0.3 is 5.32 Å². The minimum atomic E-state index is -0.201. The van der Waals surface area contributed by atoms with Gasteiger partial charge in [-0.05, 0) is 41.3 Å². The Morgan fingerprint density at radius 3 is 2.86 bits per heavy atom. The van der Waals surface area contributed by atoms with Crippen molar-refractivity contribution in [1.29, 1.82) is 0 Å². The third-order valence-electron chi connectivity index (χ3n) is 3.04. The summed E-state index contributed by atoms with van der Waals surface area (Å²) in [6, 6.07) is 12.6. The lowest BCUT2D eigenvalue weighted by Gasteiger charge is -2.08. The summed E-state index contributed by atoms with van der Waals surface area (Å²) in [7, 11) is 0. The van der Waals surface area contributed by atoms with E-state index < -0.39 is 0 Å². The highest BCUT2D eigenvalue weighted by Gasteiger charge is 2.07. The van der Waals surface area contributed by atoms with Crippen LogP contribution in [-0.2, 0) is 6.54 Å². The van der Waals surface area contributed by atoms with E-state index in [4.69, 9.17) is 11.6 Å². The van der Waals surface area contributed by atoms with Gasteiger partial charge in [0.25, 0.3) is 0 Å². The number of anilines is 1. The molecule has 0 saturated heterocycles. The van der Waals surface area contributed by atoms with Crippen molar-refractivity contribution in [2.45, 2.75) is 6.54 Å². The maximum Gasteiger partial charge on any atom is 0.131 e. The minimum Gasteiger partial charge on any atom is -0.381 e. The van der Waals surface area contributed by atoms with Crippen LogP contribution >= 0.6 is 22.9 Å². The summed E-state index contributed by atoms with van der Waals surface area (Å²) in [5.41, 5.74) is 2.53. The van der Waals surface area contributed by atoms with Crippen LogP contribution in [0.25, 0.3) is 10.4 Å². The van der Waals surface area contributed by atoms with E-state index in [2.05, 4.69) is 10.3 Å². The van der Waals surface area contributed by atoms with E-state index in [-0.39, 0.29) is 5.82 Å². The van der Waals surface area contributed by atoms with E-state index in [1.54, 1.807) is 18.3 Å². The Balaban J connectivity index is 1.79. The molecule has 0 fully saturated rings. The van der Waals surface area contributed by atoms with Crippen molar-refractivity contribution in [3.05, 3.63) is 70.6 Å². The predicted molar refractivity (Wildman–Crippen MR) is 86.3 cm³/mol. The Bertz CT molecular complexity index is 744. The summed E-state index contributed by atoms with van der Waals surface area (Å²) in [6.07, 6.45) is 1.65. The number of hydrogen-bond acceptors (Lipinski definition) is 3. The summed E-state index contributed by atoms with van der Waals surface area (Å²) in [4.78, 5) is 4.86. The first-order valence-corrected chi connectivity index (χ1v) is 7.66. The average Bonchev–Trinajstić information content (AvgIpc) is 3.00. The van der Waals surface area contributed by atoms with Crippen molar-refractivity contribution in [2.24, 2.45) is 0 Å². The van der Waals surface area contributed by atoms with Crippen molar-refractivity contribution < 1.29 is 4.39 Å². The largest absolute Gasteiger partial charge is 0.381 e. The van der Waals surface area contributed by atoms with Gasteiger partial charge in [0, 0.05) is 28.9 Å². The molecule has 1 aromatic carbocycles. The summed E-state index contributed by atoms with van der Waals surface area (Å²) < 4.78 is 13.9. The Kier molecular flexibility index (Phi) is 4.18. The zero-order valence-electron chi connectivity index (χ0n) is 11.0. The second-order valence-electron chi connectivity index (χ2n) is 4.51. The van der Waals surface area contributed by atoms with E-state index in [1.807, 2.05) is 29.6 Å². The first-order chi connectivity index (χ1) is 10.2. The van der Waals surface area contributed by atoms with Crippen LogP contribution in [0.15, 0.2) is 54.0 Å². The molecule has 0 spiro atoms. The zero-order valence-corrected chi connectivity index (χ0v) is 12.6. The van der Waals surface area contributed by atoms with Gasteiger partial charge in [0.1, 0.15) is 11.0 Å². The summed E-state index contributed by atoms with van der Waals surface area (Å²) in [6.45, 7) is 0.596. The van der Waals surface area contributed by atoms with Gasteiger partial charge in [0.2, 0.25) is 0 Å². The molecule has 0 aliphatic rings. The van der Waals surface area contributed by atoms with Crippen LogP contribution < -0.4 is 5.32 Å². The maximum absolute atomic E-state index is 13.9. The Morgan fingerprint density at radius 1 is 1.19 bits per heavy atom. The number of rotatable bonds is 4. The Morgan fingerprint density at radius 2 is 2.10 bits per heavy atom. The zero-order chi connectivity index (χ0) is 14.7. The van der Waals surface area contributed by atoms with Crippen LogP contribution in [0.1, 0.15) is 5.56 Å². The molecule has 2 heterocycles. The van der Waals surface area contributed by atoms with Gasteiger partial charge in [-0.2, -0.15) is 0 Å². The van der Waals surface area contributed by atoms with Crippen LogP contribution in [0, 0.1) is 5.82 Å². The first-order valence-electron chi connectivity index (χ1n) is 6.40. The van der Waals surface area contributed by atoms with Crippen LogP contribution in [0.5, 0.6) is 0 Å². The maximum atomic E-state index is 13.9. The number of nitrogens with zero attached hydrogens (tertiary/aromatic N) is 1. The molecule has 106 valence electrons. The quantitative estimate of drug-likeness (QED) is 0.667. The molecular weight excluding hydrogens is 307 g/mol. The summed E-state index contributed by atoms with van der Waals surface area (Å²) >= 11 is 7.37. The lowest BCUT2D eigenvalue weighted by atomic mass is 10.1. The molecule has 3 aromatic rings. The fraction of sp³-hybridized carbons (Fsp3) is 0.0625. The standard InChI is InChI=1S/C16H12ClFN2S/c17-16-9-12(5-6-19-16)20-10-11-3-4-14(18)13(8-11)15-2-1-7-21-15/h1-9H,10H2,(H,19,20). The molecule has 0 aliphatic heterocycles. The molecule has 5 heteroatoms. The van der Waals surface area contributed by atoms with Crippen molar-refractivity contribution in [3.8, 4) is 10.4 Å². The fourth-order valence-corrected chi connectivity index (χ4v) is 2.94. The van der Waals surface area contributed by atoms with Crippen LogP contribution in [-0.4, -0.2) is 4.98 Å². The average molecular weight is 319 g/mol. The fourth-order valence-electron chi connectivity index (χ4n) is 2.02. The molecule has 0 aliphatic carbocycles. The second kappa shape index (κ2) is 6.24. The number of hydrogen-bond donors (Lipinski definition) is 1. The molecule has 1 N–H and O–H groups in total. The highest BCUT2D eigenvalue weighted by Crippen LogP contribution is 2.28. The molecule has 0 saturated carbocycles. The van der Waals surface area contributed by atoms with Gasteiger partial charge in [-0.25, -0.2) is 9.37 Å². The van der Waals surface area contributed by atoms with E-state index in [0.29, 0.717) is 17.3 Å². The van der Waals surface area contributed by atoms with Crippen molar-refractivity contribution in [2.75, 3.05) is 5.32 Å². The van der Waals surface area contributed by atoms with Gasteiger partial charge in [-0.1, -0.05) is 23.7 Å². The third kappa shape index (κ3) is 3.40. The smallest absolute Gasteiger partial charge is 0.131 e. The molecule has 0 radical (unpaired) electrons. The van der Waals surface area contributed by atoms with Crippen molar-refractivity contribution in [3.63, 3.8) is 0 Å². The lowest BCUT2D eigenvalue weighted by Crippen LogP contribution is -2.00. The van der Waals surface area contributed by atoms with Crippen molar-refractivity contribution >= 4 is 28.6 Å². The van der Waals surface area contributed by atoms with Gasteiger partial charge >= 0.3 is 0 Å². The molecule has 0 bridgehead atoms. The highest BCUT2D eigenvalue weighted by molar-refractivity contribution is 7.13. The Labute approximate surface area is 131 Å².